The molecule has 2 N–H and O–H groups in total. The molecule has 0 spiro atoms. The molecule has 2 aromatic heterocycles. The number of ketones is 1. The van der Waals surface area contributed by atoms with E-state index in [0.29, 0.717) is 18.4 Å². The average Bonchev–Trinajstić information content (AvgIpc) is 3.44. The van der Waals surface area contributed by atoms with Gasteiger partial charge in [-0.05, 0) is 104 Å². The van der Waals surface area contributed by atoms with E-state index in [4.69, 9.17) is 9.97 Å². The van der Waals surface area contributed by atoms with Crippen LogP contribution in [0.5, 0.6) is 0 Å². The van der Waals surface area contributed by atoms with Crippen molar-refractivity contribution in [2.75, 3.05) is 30.9 Å². The maximum Gasteiger partial charge on any atom is 0.225 e. The van der Waals surface area contributed by atoms with Gasteiger partial charge in [-0.1, -0.05) is 66.2 Å². The van der Waals surface area contributed by atoms with Gasteiger partial charge in [0.15, 0.2) is 5.78 Å². The third-order valence-electron chi connectivity index (χ3n) is 9.95. The van der Waals surface area contributed by atoms with Gasteiger partial charge < -0.3 is 20.1 Å². The van der Waals surface area contributed by atoms with Crippen LogP contribution in [0.1, 0.15) is 67.6 Å². The van der Waals surface area contributed by atoms with Crippen LogP contribution in [0.2, 0.25) is 0 Å². The highest BCUT2D eigenvalue weighted by atomic mass is 79.9. The lowest BCUT2D eigenvalue weighted by Gasteiger charge is -2.30. The maximum absolute atomic E-state index is 13.3. The SMILES string of the molecule is CN(C)c1nc(N[C@H]2CC[C@@H](CNCc3cccc(-n4c(-c5ccc(Br)cc5)cc5c4CC(C)(C)CC5=O)c3)CC2)nc2ccccc12. The smallest absolute Gasteiger partial charge is 0.225 e. The molecule has 0 amide bonds. The topological polar surface area (TPSA) is 75.1 Å². The van der Waals surface area contributed by atoms with Crippen LogP contribution in [0.4, 0.5) is 11.8 Å². The number of carbonyl (C=O) groups is 1. The van der Waals surface area contributed by atoms with Gasteiger partial charge in [-0.3, -0.25) is 4.79 Å². The largest absolute Gasteiger partial charge is 0.362 e. The summed E-state index contributed by atoms with van der Waals surface area (Å²) >= 11 is 3.58. The fourth-order valence-corrected chi connectivity index (χ4v) is 7.79. The molecular formula is C40H45BrN6O. The molecule has 0 bridgehead atoms. The van der Waals surface area contributed by atoms with Crippen molar-refractivity contribution in [1.82, 2.24) is 19.9 Å². The number of nitrogens with one attached hydrogen (secondary N) is 2. The standard InChI is InChI=1S/C40H45BrN6O/c1-40(2)22-36-33(37(48)23-40)21-35(28-14-16-29(41)17-15-28)47(36)31-9-7-8-27(20-31)25-42-24-26-12-18-30(19-13-26)43-39-44-34-11-6-5-10-32(34)38(45-39)46(3)4/h5-11,14-17,20-21,26,30,42H,12-13,18-19,22-25H2,1-4H3,(H,43,44,45)/t26-,30+. The summed E-state index contributed by atoms with van der Waals surface area (Å²) in [5, 5.41) is 8.48. The van der Waals surface area contributed by atoms with Crippen molar-refractivity contribution in [3.05, 3.63) is 100 Å². The van der Waals surface area contributed by atoms with Gasteiger partial charge >= 0.3 is 0 Å². The van der Waals surface area contributed by atoms with E-state index in [2.05, 4.69) is 117 Å². The van der Waals surface area contributed by atoms with Gasteiger partial charge in [-0.25, -0.2) is 4.98 Å². The summed E-state index contributed by atoms with van der Waals surface area (Å²) in [5.74, 6) is 2.56. The molecule has 48 heavy (non-hydrogen) atoms. The van der Waals surface area contributed by atoms with Gasteiger partial charge in [-0.2, -0.15) is 4.98 Å². The van der Waals surface area contributed by atoms with Gasteiger partial charge in [0.05, 0.1) is 11.2 Å². The van der Waals surface area contributed by atoms with E-state index in [0.717, 1.165) is 87.7 Å². The van der Waals surface area contributed by atoms with Crippen molar-refractivity contribution in [2.24, 2.45) is 11.3 Å². The van der Waals surface area contributed by atoms with Gasteiger partial charge in [0.25, 0.3) is 0 Å². The molecule has 0 unspecified atom stereocenters. The highest BCUT2D eigenvalue weighted by molar-refractivity contribution is 9.10. The summed E-state index contributed by atoms with van der Waals surface area (Å²) in [4.78, 5) is 25.0. The molecule has 7 nitrogen and oxygen atoms in total. The molecule has 1 saturated carbocycles. The molecule has 5 aromatic rings. The number of fused-ring (bicyclic) bond motifs is 2. The van der Waals surface area contributed by atoms with E-state index >= 15 is 0 Å². The minimum atomic E-state index is -0.0669. The van der Waals surface area contributed by atoms with Crippen LogP contribution in [0, 0.1) is 11.3 Å². The number of hydrogen-bond acceptors (Lipinski definition) is 6. The number of para-hydroxylation sites is 1. The zero-order valence-electron chi connectivity index (χ0n) is 28.4. The maximum atomic E-state index is 13.3. The molecule has 248 valence electrons. The van der Waals surface area contributed by atoms with Crippen molar-refractivity contribution in [2.45, 2.75) is 65.0 Å². The van der Waals surface area contributed by atoms with Gasteiger partial charge in [0.2, 0.25) is 5.95 Å². The number of anilines is 2. The molecule has 0 radical (unpaired) electrons. The molecule has 0 saturated heterocycles. The zero-order chi connectivity index (χ0) is 33.4. The molecular weight excluding hydrogens is 660 g/mol. The van der Waals surface area contributed by atoms with Crippen LogP contribution >= 0.6 is 15.9 Å². The molecule has 2 aliphatic rings. The number of benzene rings is 3. The summed E-state index contributed by atoms with van der Waals surface area (Å²) in [6.07, 6.45) is 6.03. The quantitative estimate of drug-likeness (QED) is 0.160. The highest BCUT2D eigenvalue weighted by Crippen LogP contribution is 2.40. The van der Waals surface area contributed by atoms with Crippen LogP contribution < -0.4 is 15.5 Å². The Morgan fingerprint density at radius 1 is 0.917 bits per heavy atom. The van der Waals surface area contributed by atoms with Gasteiger partial charge in [0, 0.05) is 59.9 Å². The predicted octanol–water partition coefficient (Wildman–Crippen LogP) is 8.83. The number of rotatable bonds is 9. The number of halogens is 1. The summed E-state index contributed by atoms with van der Waals surface area (Å²) in [6, 6.07) is 27.9. The minimum absolute atomic E-state index is 0.0669. The molecule has 2 aliphatic carbocycles. The minimum Gasteiger partial charge on any atom is -0.362 e. The molecule has 0 atom stereocenters. The number of Topliss-reactive ketones (excluding diaryl/α,β-unsaturated/α-hetero) is 1. The molecule has 8 heteroatoms. The van der Waals surface area contributed by atoms with Crippen LogP contribution in [-0.2, 0) is 13.0 Å². The third-order valence-corrected chi connectivity index (χ3v) is 10.5. The van der Waals surface area contributed by atoms with E-state index in [9.17, 15) is 4.79 Å². The molecule has 0 aliphatic heterocycles. The molecule has 2 heterocycles. The third kappa shape index (κ3) is 6.92. The normalized spacial score (nSPS) is 18.9. The van der Waals surface area contributed by atoms with Crippen LogP contribution in [-0.4, -0.2) is 47.0 Å². The molecule has 7 rings (SSSR count). The average molecular weight is 706 g/mol. The Hall–Kier alpha value is -4.01. The predicted molar refractivity (Wildman–Crippen MR) is 200 cm³/mol. The van der Waals surface area contributed by atoms with Crippen LogP contribution in [0.15, 0.2) is 83.3 Å². The Kier molecular flexibility index (Phi) is 9.14. The van der Waals surface area contributed by atoms with Crippen LogP contribution in [0.25, 0.3) is 27.8 Å². The Morgan fingerprint density at radius 2 is 1.69 bits per heavy atom. The zero-order valence-corrected chi connectivity index (χ0v) is 30.0. The second kappa shape index (κ2) is 13.5. The van der Waals surface area contributed by atoms with Crippen LogP contribution in [0.3, 0.4) is 0 Å². The Bertz CT molecular complexity index is 1940. The van der Waals surface area contributed by atoms with E-state index in [-0.39, 0.29) is 11.2 Å². The Labute approximate surface area is 292 Å². The second-order valence-corrected chi connectivity index (χ2v) is 15.5. The fraction of sp³-hybridized carbons (Fsp3) is 0.375. The second-order valence-electron chi connectivity index (χ2n) is 14.6. The first-order valence-corrected chi connectivity index (χ1v) is 18.0. The lowest BCUT2D eigenvalue weighted by Crippen LogP contribution is -2.31. The first kappa shape index (κ1) is 32.5. The van der Waals surface area contributed by atoms with E-state index in [1.807, 2.05) is 26.2 Å². The van der Waals surface area contributed by atoms with Gasteiger partial charge in [-0.15, -0.1) is 0 Å². The monoisotopic (exact) mass is 704 g/mol. The van der Waals surface area contributed by atoms with Crippen molar-refractivity contribution in [3.63, 3.8) is 0 Å². The van der Waals surface area contributed by atoms with Crippen molar-refractivity contribution >= 4 is 44.4 Å². The summed E-state index contributed by atoms with van der Waals surface area (Å²) in [7, 11) is 4.06. The lowest BCUT2D eigenvalue weighted by atomic mass is 9.76. The van der Waals surface area contributed by atoms with Gasteiger partial charge in [0.1, 0.15) is 5.82 Å². The highest BCUT2D eigenvalue weighted by Gasteiger charge is 2.35. The van der Waals surface area contributed by atoms with Crippen molar-refractivity contribution < 1.29 is 4.79 Å². The lowest BCUT2D eigenvalue weighted by molar-refractivity contribution is 0.0911. The fourth-order valence-electron chi connectivity index (χ4n) is 7.52. The summed E-state index contributed by atoms with van der Waals surface area (Å²) in [6.45, 7) is 6.21. The number of hydrogen-bond donors (Lipinski definition) is 2. The molecule has 3 aromatic carbocycles. The number of nitrogens with zero attached hydrogens (tertiary/aromatic N) is 4. The Morgan fingerprint density at radius 3 is 2.46 bits per heavy atom. The van der Waals surface area contributed by atoms with E-state index < -0.39 is 0 Å². The summed E-state index contributed by atoms with van der Waals surface area (Å²) in [5.41, 5.74) is 7.43. The first-order valence-electron chi connectivity index (χ1n) is 17.2. The first-order chi connectivity index (χ1) is 23.1. The van der Waals surface area contributed by atoms with Crippen molar-refractivity contribution in [3.8, 4) is 16.9 Å². The van der Waals surface area contributed by atoms with E-state index in [1.54, 1.807) is 0 Å². The number of carbonyl (C=O) groups excluding carboxylic acids is 1. The summed E-state index contributed by atoms with van der Waals surface area (Å²) < 4.78 is 3.37. The number of aromatic nitrogens is 3. The Balaban J connectivity index is 1.01. The molecule has 1 fully saturated rings. The van der Waals surface area contributed by atoms with Crippen molar-refractivity contribution in [1.29, 1.82) is 0 Å². The van der Waals surface area contributed by atoms with E-state index in [1.165, 1.54) is 18.4 Å².